The maximum absolute atomic E-state index is 11.1. The fourth-order valence-electron chi connectivity index (χ4n) is 0.929. The molecule has 0 spiro atoms. The largest absolute Gasteiger partial charge is 0.382 e. The quantitative estimate of drug-likeness (QED) is 0.721. The molecule has 0 amide bonds. The molecule has 0 atom stereocenters. The van der Waals surface area contributed by atoms with Gasteiger partial charge in [0.2, 0.25) is 0 Å². The summed E-state index contributed by atoms with van der Waals surface area (Å²) in [5.74, 6) is 0.334. The van der Waals surface area contributed by atoms with Crippen LogP contribution in [-0.4, -0.2) is 24.7 Å². The van der Waals surface area contributed by atoms with Crippen LogP contribution in [0.2, 0.25) is 0 Å². The first-order valence-corrected chi connectivity index (χ1v) is 4.85. The van der Waals surface area contributed by atoms with Gasteiger partial charge in [-0.3, -0.25) is 9.55 Å². The summed E-state index contributed by atoms with van der Waals surface area (Å²) in [4.78, 5) is 19.0. The number of nitrogens with zero attached hydrogens (tertiary/aromatic N) is 4. The van der Waals surface area contributed by atoms with Gasteiger partial charge in [0.15, 0.2) is 5.16 Å². The summed E-state index contributed by atoms with van der Waals surface area (Å²) in [5, 5.41) is 7.26. The van der Waals surface area contributed by atoms with Gasteiger partial charge in [0.05, 0.1) is 12.4 Å². The van der Waals surface area contributed by atoms with Crippen LogP contribution in [0.1, 0.15) is 0 Å². The molecule has 0 aromatic carbocycles. The molecule has 0 unspecified atom stereocenters. The lowest BCUT2D eigenvalue weighted by molar-refractivity contribution is 0.764. The lowest BCUT2D eigenvalue weighted by atomic mass is 10.7. The van der Waals surface area contributed by atoms with Crippen molar-refractivity contribution in [2.45, 2.75) is 10.2 Å². The molecule has 3 N–H and O–H groups in total. The van der Waals surface area contributed by atoms with E-state index in [9.17, 15) is 4.79 Å². The van der Waals surface area contributed by atoms with Gasteiger partial charge in [-0.2, -0.15) is 0 Å². The van der Waals surface area contributed by atoms with E-state index < -0.39 is 0 Å². The Balaban J connectivity index is 2.29. The number of rotatable bonds is 2. The van der Waals surface area contributed by atoms with Gasteiger partial charge in [-0.25, -0.2) is 14.9 Å². The maximum atomic E-state index is 11.1. The zero-order valence-electron chi connectivity index (χ0n) is 7.84. The van der Waals surface area contributed by atoms with Gasteiger partial charge >= 0.3 is 5.69 Å². The predicted octanol–water partition coefficient (Wildman–Crippen LogP) is -0.368. The number of aromatic nitrogens is 5. The maximum Gasteiger partial charge on any atom is 0.343 e. The molecule has 0 aliphatic rings. The van der Waals surface area contributed by atoms with Gasteiger partial charge in [0, 0.05) is 7.05 Å². The van der Waals surface area contributed by atoms with E-state index in [1.54, 1.807) is 13.2 Å². The zero-order valence-corrected chi connectivity index (χ0v) is 8.65. The molecular formula is C7H8N6OS. The highest BCUT2D eigenvalue weighted by atomic mass is 32.2. The lowest BCUT2D eigenvalue weighted by Crippen LogP contribution is -2.12. The Kier molecular flexibility index (Phi) is 2.42. The van der Waals surface area contributed by atoms with Crippen molar-refractivity contribution in [3.63, 3.8) is 0 Å². The van der Waals surface area contributed by atoms with Crippen LogP contribution < -0.4 is 11.4 Å². The third kappa shape index (κ3) is 1.99. The SMILES string of the molecule is Cn1c(Sc2cncc(N)n2)n[nH]c1=O. The molecule has 2 rings (SSSR count). The Morgan fingerprint density at radius 2 is 2.33 bits per heavy atom. The van der Waals surface area contributed by atoms with E-state index in [2.05, 4.69) is 20.2 Å². The molecule has 2 aromatic rings. The van der Waals surface area contributed by atoms with E-state index in [0.717, 1.165) is 0 Å². The fraction of sp³-hybridized carbons (Fsp3) is 0.143. The zero-order chi connectivity index (χ0) is 10.8. The summed E-state index contributed by atoms with van der Waals surface area (Å²) < 4.78 is 1.38. The molecule has 15 heavy (non-hydrogen) atoms. The lowest BCUT2D eigenvalue weighted by Gasteiger charge is -1.98. The second-order valence-corrected chi connectivity index (χ2v) is 3.74. The van der Waals surface area contributed by atoms with Crippen LogP contribution in [0.25, 0.3) is 0 Å². The molecule has 0 saturated carbocycles. The summed E-state index contributed by atoms with van der Waals surface area (Å²) in [6, 6.07) is 0. The standard InChI is InChI=1S/C7H8N6OS/c1-13-6(14)11-12-7(13)15-5-3-9-2-4(8)10-5/h2-3H,1H3,(H2,8,10)(H,11,14). The van der Waals surface area contributed by atoms with Gasteiger partial charge < -0.3 is 5.73 Å². The van der Waals surface area contributed by atoms with Crippen molar-refractivity contribution in [3.05, 3.63) is 22.9 Å². The van der Waals surface area contributed by atoms with Crippen molar-refractivity contribution in [1.82, 2.24) is 24.7 Å². The number of nitrogen functional groups attached to an aromatic ring is 1. The summed E-state index contributed by atoms with van der Waals surface area (Å²) in [5.41, 5.74) is 5.20. The van der Waals surface area contributed by atoms with E-state index in [-0.39, 0.29) is 5.69 Å². The topological polar surface area (TPSA) is 102 Å². The van der Waals surface area contributed by atoms with Gasteiger partial charge in [0.25, 0.3) is 0 Å². The molecule has 7 nitrogen and oxygen atoms in total. The molecule has 2 heterocycles. The molecular weight excluding hydrogens is 216 g/mol. The van der Waals surface area contributed by atoms with E-state index >= 15 is 0 Å². The Morgan fingerprint density at radius 1 is 1.53 bits per heavy atom. The van der Waals surface area contributed by atoms with Crippen LogP contribution in [0.3, 0.4) is 0 Å². The molecule has 2 aromatic heterocycles. The van der Waals surface area contributed by atoms with E-state index in [4.69, 9.17) is 5.73 Å². The van der Waals surface area contributed by atoms with Gasteiger partial charge in [-0.05, 0) is 11.8 Å². The van der Waals surface area contributed by atoms with Crippen LogP contribution in [-0.2, 0) is 7.05 Å². The molecule has 0 aliphatic carbocycles. The molecule has 0 radical (unpaired) electrons. The summed E-state index contributed by atoms with van der Waals surface area (Å²) >= 11 is 1.22. The minimum Gasteiger partial charge on any atom is -0.382 e. The molecule has 8 heteroatoms. The van der Waals surface area contributed by atoms with Gasteiger partial charge in [-0.15, -0.1) is 5.10 Å². The van der Waals surface area contributed by atoms with Crippen molar-refractivity contribution in [1.29, 1.82) is 0 Å². The van der Waals surface area contributed by atoms with Gasteiger partial charge in [-0.1, -0.05) is 0 Å². The second kappa shape index (κ2) is 3.73. The Morgan fingerprint density at radius 3 is 2.93 bits per heavy atom. The smallest absolute Gasteiger partial charge is 0.343 e. The molecule has 78 valence electrons. The Labute approximate surface area is 88.7 Å². The van der Waals surface area contributed by atoms with Crippen molar-refractivity contribution in [2.75, 3.05) is 5.73 Å². The molecule has 0 fully saturated rings. The first kappa shape index (κ1) is 9.71. The first-order chi connectivity index (χ1) is 7.16. The highest BCUT2D eigenvalue weighted by molar-refractivity contribution is 7.99. The molecule has 0 bridgehead atoms. The number of hydrogen-bond acceptors (Lipinski definition) is 6. The van der Waals surface area contributed by atoms with Crippen LogP contribution in [0, 0.1) is 0 Å². The molecule has 0 saturated heterocycles. The summed E-state index contributed by atoms with van der Waals surface area (Å²) in [6.07, 6.45) is 3.01. The normalized spacial score (nSPS) is 10.5. The minimum atomic E-state index is -0.269. The fourth-order valence-corrected chi connectivity index (χ4v) is 1.69. The van der Waals surface area contributed by atoms with E-state index in [1.807, 2.05) is 0 Å². The number of nitrogens with one attached hydrogen (secondary N) is 1. The number of nitrogens with two attached hydrogens (primary N) is 1. The summed E-state index contributed by atoms with van der Waals surface area (Å²) in [6.45, 7) is 0. The van der Waals surface area contributed by atoms with Crippen molar-refractivity contribution in [3.8, 4) is 0 Å². The highest BCUT2D eigenvalue weighted by Crippen LogP contribution is 2.21. The number of hydrogen-bond donors (Lipinski definition) is 2. The number of aromatic amines is 1. The second-order valence-electron chi connectivity index (χ2n) is 2.75. The Hall–Kier alpha value is -1.83. The average Bonchev–Trinajstić information content (AvgIpc) is 2.50. The summed E-state index contributed by atoms with van der Waals surface area (Å²) in [7, 11) is 1.62. The van der Waals surface area contributed by atoms with E-state index in [0.29, 0.717) is 16.0 Å². The van der Waals surface area contributed by atoms with Gasteiger partial charge in [0.1, 0.15) is 10.8 Å². The van der Waals surface area contributed by atoms with Crippen LogP contribution in [0.4, 0.5) is 5.82 Å². The van der Waals surface area contributed by atoms with Crippen molar-refractivity contribution < 1.29 is 0 Å². The van der Waals surface area contributed by atoms with E-state index in [1.165, 1.54) is 22.5 Å². The highest BCUT2D eigenvalue weighted by Gasteiger charge is 2.07. The third-order valence-electron chi connectivity index (χ3n) is 1.67. The van der Waals surface area contributed by atoms with Crippen LogP contribution >= 0.6 is 11.8 Å². The van der Waals surface area contributed by atoms with Crippen molar-refractivity contribution >= 4 is 17.6 Å². The predicted molar refractivity (Wildman–Crippen MR) is 54.4 cm³/mol. The van der Waals surface area contributed by atoms with Crippen LogP contribution in [0.5, 0.6) is 0 Å². The van der Waals surface area contributed by atoms with Crippen molar-refractivity contribution in [2.24, 2.45) is 7.05 Å². The number of anilines is 1. The first-order valence-electron chi connectivity index (χ1n) is 4.03. The van der Waals surface area contributed by atoms with Crippen LogP contribution in [0.15, 0.2) is 27.4 Å². The third-order valence-corrected chi connectivity index (χ3v) is 2.62. The monoisotopic (exact) mass is 224 g/mol. The Bertz CT molecular complexity index is 532. The average molecular weight is 224 g/mol. The number of H-pyrrole nitrogens is 1. The minimum absolute atomic E-state index is 0.269. The molecule has 0 aliphatic heterocycles.